The van der Waals surface area contributed by atoms with Crippen molar-refractivity contribution in [1.82, 2.24) is 14.5 Å². The van der Waals surface area contributed by atoms with Crippen molar-refractivity contribution in [3.05, 3.63) is 63.7 Å². The van der Waals surface area contributed by atoms with Gasteiger partial charge in [0.2, 0.25) is 0 Å². The summed E-state index contributed by atoms with van der Waals surface area (Å²) in [6, 6.07) is 5.90. The number of halogens is 3. The number of aromatic amines is 1. The lowest BCUT2D eigenvalue weighted by molar-refractivity contribution is -0.274. The van der Waals surface area contributed by atoms with E-state index in [9.17, 15) is 22.8 Å². The minimum atomic E-state index is -4.73. The van der Waals surface area contributed by atoms with Gasteiger partial charge in [-0.2, -0.15) is 0 Å². The number of pyridine rings is 1. The molecule has 2 unspecified atom stereocenters. The fraction of sp³-hybridized carbons (Fsp3) is 0.364. The molecule has 2 aliphatic rings. The third kappa shape index (κ3) is 3.10. The molecule has 9 heteroatoms. The Kier molecular flexibility index (Phi) is 4.06. The molecule has 5 rings (SSSR count). The smallest absolute Gasteiger partial charge is 0.406 e. The number of rotatable bonds is 3. The number of benzene rings is 1. The number of piperidine rings is 1. The number of hydrogen-bond donors (Lipinski definition) is 1. The average Bonchev–Trinajstić information content (AvgIpc) is 3.06. The minimum absolute atomic E-state index is 0.211. The Labute approximate surface area is 175 Å². The summed E-state index contributed by atoms with van der Waals surface area (Å²) in [5.41, 5.74) is 2.30. The van der Waals surface area contributed by atoms with Crippen LogP contribution in [0.25, 0.3) is 10.9 Å². The molecule has 1 saturated heterocycles. The molecule has 1 aliphatic carbocycles. The molecule has 3 heterocycles. The summed E-state index contributed by atoms with van der Waals surface area (Å²) in [5, 5.41) is 0.385. The molecule has 2 aromatic heterocycles. The normalized spacial score (nSPS) is 22.6. The molecule has 6 nitrogen and oxygen atoms in total. The van der Waals surface area contributed by atoms with Crippen molar-refractivity contribution in [2.75, 3.05) is 13.1 Å². The topological polar surface area (TPSA) is 67.3 Å². The highest BCUT2D eigenvalue weighted by Gasteiger charge is 2.61. The Morgan fingerprint density at radius 3 is 2.65 bits per heavy atom. The molecule has 1 saturated carbocycles. The zero-order chi connectivity index (χ0) is 22.1. The first kappa shape index (κ1) is 19.7. The minimum Gasteiger partial charge on any atom is -0.406 e. The summed E-state index contributed by atoms with van der Waals surface area (Å²) in [7, 11) is 1.65. The lowest BCUT2D eigenvalue weighted by atomic mass is 9.95. The molecule has 1 amide bonds. The molecule has 3 aromatic rings. The highest BCUT2D eigenvalue weighted by Crippen LogP contribution is 2.59. The highest BCUT2D eigenvalue weighted by atomic mass is 19.4. The molecular weight excluding hydrogens is 411 g/mol. The van der Waals surface area contributed by atoms with Gasteiger partial charge in [-0.3, -0.25) is 9.59 Å². The number of aromatic nitrogens is 2. The van der Waals surface area contributed by atoms with Crippen LogP contribution < -0.4 is 10.3 Å². The van der Waals surface area contributed by atoms with Crippen LogP contribution in [-0.2, 0) is 12.5 Å². The molecule has 0 bridgehead atoms. The van der Waals surface area contributed by atoms with Gasteiger partial charge in [0.05, 0.1) is 16.5 Å². The first-order valence-corrected chi connectivity index (χ1v) is 9.92. The number of nitrogens with one attached hydrogen (secondary N) is 1. The number of carbonyl (C=O) groups is 1. The van der Waals surface area contributed by atoms with Crippen molar-refractivity contribution in [2.24, 2.45) is 13.0 Å². The van der Waals surface area contributed by atoms with Crippen molar-refractivity contribution in [3.63, 3.8) is 0 Å². The Balaban J connectivity index is 1.40. The lowest BCUT2D eigenvalue weighted by Gasteiger charge is -2.21. The first-order chi connectivity index (χ1) is 14.6. The molecule has 1 aliphatic heterocycles. The summed E-state index contributed by atoms with van der Waals surface area (Å²) in [6.07, 6.45) is -0.541. The Morgan fingerprint density at radius 1 is 1.26 bits per heavy atom. The van der Waals surface area contributed by atoms with Crippen LogP contribution in [-0.4, -0.2) is 39.8 Å². The largest absolute Gasteiger partial charge is 0.573 e. The maximum atomic E-state index is 13.3. The Hall–Kier alpha value is -3.23. The van der Waals surface area contributed by atoms with Gasteiger partial charge in [-0.15, -0.1) is 13.2 Å². The van der Waals surface area contributed by atoms with Gasteiger partial charge in [0, 0.05) is 37.9 Å². The van der Waals surface area contributed by atoms with Crippen molar-refractivity contribution >= 4 is 16.8 Å². The van der Waals surface area contributed by atoms with Gasteiger partial charge in [-0.05, 0) is 42.5 Å². The van der Waals surface area contributed by atoms with Crippen LogP contribution in [0.1, 0.15) is 27.9 Å². The van der Waals surface area contributed by atoms with Crippen molar-refractivity contribution in [1.29, 1.82) is 0 Å². The second kappa shape index (κ2) is 6.38. The Morgan fingerprint density at radius 2 is 1.97 bits per heavy atom. The zero-order valence-electron chi connectivity index (χ0n) is 16.9. The fourth-order valence-corrected chi connectivity index (χ4v) is 4.96. The third-order valence-corrected chi connectivity index (χ3v) is 6.52. The van der Waals surface area contributed by atoms with Gasteiger partial charge in [0.15, 0.2) is 0 Å². The van der Waals surface area contributed by atoms with E-state index >= 15 is 0 Å². The molecule has 1 N–H and O–H groups in total. The van der Waals surface area contributed by atoms with Gasteiger partial charge in [-0.25, -0.2) is 0 Å². The van der Waals surface area contributed by atoms with Gasteiger partial charge in [0.25, 0.3) is 11.5 Å². The summed E-state index contributed by atoms with van der Waals surface area (Å²) >= 11 is 0. The van der Waals surface area contributed by atoms with Crippen LogP contribution in [0.15, 0.2) is 41.5 Å². The number of aryl methyl sites for hydroxylation is 2. The molecular formula is C22H20F3N3O3. The second-order valence-electron chi connectivity index (χ2n) is 8.50. The number of carbonyl (C=O) groups excluding carboxylic acids is 1. The number of H-pyrrole nitrogens is 1. The van der Waals surface area contributed by atoms with Crippen LogP contribution in [0.4, 0.5) is 13.2 Å². The molecule has 0 spiro atoms. The van der Waals surface area contributed by atoms with E-state index in [-0.39, 0.29) is 28.5 Å². The average molecular weight is 431 g/mol. The Bertz CT molecular complexity index is 1260. The number of alkyl halides is 3. The quantitative estimate of drug-likeness (QED) is 0.691. The van der Waals surface area contributed by atoms with Crippen LogP contribution in [0, 0.1) is 12.8 Å². The van der Waals surface area contributed by atoms with E-state index in [1.165, 1.54) is 16.7 Å². The van der Waals surface area contributed by atoms with E-state index in [1.807, 2.05) is 6.92 Å². The SMILES string of the molecule is Cc1cn(C)c(=O)c2c(C(=O)N3CC4CC4(c4ccc(OC(F)(F)F)cc4)C3)c[nH]c12. The monoisotopic (exact) mass is 431 g/mol. The van der Waals surface area contributed by atoms with Crippen molar-refractivity contribution in [3.8, 4) is 5.75 Å². The van der Waals surface area contributed by atoms with Gasteiger partial charge >= 0.3 is 6.36 Å². The second-order valence-corrected chi connectivity index (χ2v) is 8.50. The van der Waals surface area contributed by atoms with Gasteiger partial charge in [-0.1, -0.05) is 12.1 Å². The third-order valence-electron chi connectivity index (χ3n) is 6.52. The highest BCUT2D eigenvalue weighted by molar-refractivity contribution is 6.07. The molecule has 31 heavy (non-hydrogen) atoms. The molecule has 1 aromatic carbocycles. The van der Waals surface area contributed by atoms with E-state index in [4.69, 9.17) is 0 Å². The van der Waals surface area contributed by atoms with Crippen LogP contribution in [0.5, 0.6) is 5.75 Å². The summed E-state index contributed by atoms with van der Waals surface area (Å²) in [6.45, 7) is 2.89. The maximum absolute atomic E-state index is 13.3. The van der Waals surface area contributed by atoms with Crippen LogP contribution in [0.2, 0.25) is 0 Å². The zero-order valence-corrected chi connectivity index (χ0v) is 16.9. The van der Waals surface area contributed by atoms with Crippen molar-refractivity contribution in [2.45, 2.75) is 25.1 Å². The number of hydrogen-bond acceptors (Lipinski definition) is 3. The van der Waals surface area contributed by atoms with Crippen LogP contribution in [0.3, 0.4) is 0 Å². The number of fused-ring (bicyclic) bond motifs is 2. The molecule has 162 valence electrons. The summed E-state index contributed by atoms with van der Waals surface area (Å²) < 4.78 is 42.6. The number of nitrogens with zero attached hydrogens (tertiary/aromatic N) is 2. The van der Waals surface area contributed by atoms with Crippen LogP contribution >= 0.6 is 0 Å². The van der Waals surface area contributed by atoms with Gasteiger partial charge < -0.3 is 19.2 Å². The number of amides is 1. The molecule has 2 fully saturated rings. The summed E-state index contributed by atoms with van der Waals surface area (Å²) in [4.78, 5) is 30.7. The van der Waals surface area contributed by atoms with E-state index in [1.54, 1.807) is 36.5 Å². The van der Waals surface area contributed by atoms with E-state index < -0.39 is 6.36 Å². The van der Waals surface area contributed by atoms with Crippen molar-refractivity contribution < 1.29 is 22.7 Å². The number of likely N-dealkylation sites (tertiary alicyclic amines) is 1. The van der Waals surface area contributed by atoms with E-state index in [2.05, 4.69) is 9.72 Å². The fourth-order valence-electron chi connectivity index (χ4n) is 4.96. The predicted molar refractivity (Wildman–Crippen MR) is 107 cm³/mol. The van der Waals surface area contributed by atoms with E-state index in [0.717, 1.165) is 17.5 Å². The summed E-state index contributed by atoms with van der Waals surface area (Å²) in [5.74, 6) is -0.223. The first-order valence-electron chi connectivity index (χ1n) is 9.92. The van der Waals surface area contributed by atoms with E-state index in [0.29, 0.717) is 29.6 Å². The standard InChI is InChI=1S/C22H20F3N3O3/c1-12-9-27(2)20(30)17-16(8-26-18(12)17)19(29)28-10-14-7-21(14,11-28)13-3-5-15(6-4-13)31-22(23,24)25/h3-6,8-9,14,26H,7,10-11H2,1-2H3. The molecule has 2 atom stereocenters. The lowest BCUT2D eigenvalue weighted by Crippen LogP contribution is -2.33. The van der Waals surface area contributed by atoms with Gasteiger partial charge in [0.1, 0.15) is 5.75 Å². The maximum Gasteiger partial charge on any atom is 0.573 e. The predicted octanol–water partition coefficient (Wildman–Crippen LogP) is 3.49. The molecule has 0 radical (unpaired) electrons. The number of ether oxygens (including phenoxy) is 1.